The van der Waals surface area contributed by atoms with Crippen molar-refractivity contribution in [3.63, 3.8) is 0 Å². The zero-order valence-corrected chi connectivity index (χ0v) is 14.1. The fourth-order valence-electron chi connectivity index (χ4n) is 2.23. The average Bonchev–Trinajstić information content (AvgIpc) is 3.23. The predicted molar refractivity (Wildman–Crippen MR) is 85.5 cm³/mol. The van der Waals surface area contributed by atoms with Crippen molar-refractivity contribution in [2.45, 2.75) is 32.7 Å². The van der Waals surface area contributed by atoms with Gasteiger partial charge in [0.25, 0.3) is 0 Å². The molecule has 0 amide bonds. The Kier molecular flexibility index (Phi) is 5.49. The minimum absolute atomic E-state index is 0.0572. The Morgan fingerprint density at radius 1 is 1.43 bits per heavy atom. The van der Waals surface area contributed by atoms with E-state index in [0.717, 1.165) is 47.5 Å². The van der Waals surface area contributed by atoms with Crippen LogP contribution in [0, 0.1) is 16.7 Å². The zero-order valence-electron chi connectivity index (χ0n) is 12.5. The lowest BCUT2D eigenvalue weighted by atomic mass is 10.1. The highest BCUT2D eigenvalue weighted by molar-refractivity contribution is 9.10. The van der Waals surface area contributed by atoms with Crippen molar-refractivity contribution >= 4 is 15.9 Å². The van der Waals surface area contributed by atoms with Gasteiger partial charge in [-0.3, -0.25) is 0 Å². The molecule has 0 unspecified atom stereocenters. The van der Waals surface area contributed by atoms with Crippen molar-refractivity contribution in [2.24, 2.45) is 5.41 Å². The summed E-state index contributed by atoms with van der Waals surface area (Å²) in [6.45, 7) is 4.37. The van der Waals surface area contributed by atoms with Gasteiger partial charge in [-0.25, -0.2) is 0 Å². The first-order valence-corrected chi connectivity index (χ1v) is 8.00. The Balaban J connectivity index is 2.10. The molecular formula is C16H21BrN2O2. The first-order valence-electron chi connectivity index (χ1n) is 7.21. The number of rotatable bonds is 8. The highest BCUT2D eigenvalue weighted by Gasteiger charge is 2.43. The lowest BCUT2D eigenvalue weighted by molar-refractivity contribution is 0.225. The molecule has 21 heavy (non-hydrogen) atoms. The second-order valence-electron chi connectivity index (χ2n) is 5.51. The van der Waals surface area contributed by atoms with Crippen LogP contribution in [0.4, 0.5) is 0 Å². The van der Waals surface area contributed by atoms with Gasteiger partial charge in [-0.05, 0) is 53.0 Å². The van der Waals surface area contributed by atoms with E-state index in [-0.39, 0.29) is 5.41 Å². The number of benzene rings is 1. The molecule has 0 spiro atoms. The van der Waals surface area contributed by atoms with Crippen LogP contribution in [-0.4, -0.2) is 20.3 Å². The topological polar surface area (TPSA) is 54.3 Å². The molecule has 2 rings (SSSR count). The maximum absolute atomic E-state index is 8.87. The van der Waals surface area contributed by atoms with Gasteiger partial charge >= 0.3 is 0 Å². The lowest BCUT2D eigenvalue weighted by Gasteiger charge is -2.17. The van der Waals surface area contributed by atoms with E-state index in [1.807, 2.05) is 12.1 Å². The quantitative estimate of drug-likeness (QED) is 0.775. The largest absolute Gasteiger partial charge is 0.493 e. The van der Waals surface area contributed by atoms with Crippen molar-refractivity contribution in [3.05, 3.63) is 22.2 Å². The summed E-state index contributed by atoms with van der Waals surface area (Å²) >= 11 is 3.56. The Hall–Kier alpha value is -1.25. The molecule has 1 aromatic carbocycles. The fourth-order valence-corrected chi connectivity index (χ4v) is 2.83. The van der Waals surface area contributed by atoms with Crippen LogP contribution in [0.1, 0.15) is 31.7 Å². The van der Waals surface area contributed by atoms with Crippen LogP contribution in [0.5, 0.6) is 11.5 Å². The number of nitriles is 1. The summed E-state index contributed by atoms with van der Waals surface area (Å²) in [4.78, 5) is 0. The number of nitrogens with one attached hydrogen (secondary N) is 1. The minimum atomic E-state index is 0.0572. The van der Waals surface area contributed by atoms with Crippen molar-refractivity contribution in [3.8, 4) is 17.6 Å². The number of hydrogen-bond acceptors (Lipinski definition) is 4. The molecular weight excluding hydrogens is 332 g/mol. The van der Waals surface area contributed by atoms with Crippen LogP contribution >= 0.6 is 15.9 Å². The Bertz CT molecular complexity index is 536. The van der Waals surface area contributed by atoms with E-state index in [9.17, 15) is 0 Å². The zero-order chi connectivity index (χ0) is 15.3. The van der Waals surface area contributed by atoms with E-state index in [1.165, 1.54) is 0 Å². The standard InChI is InChI=1S/C16H21BrN2O2/c1-3-19-10-12-8-13(17)15(14(9-12)20-2)21-11-16(4-5-16)6-7-18/h8-9,19H,3-6,10-11H2,1-2H3. The van der Waals surface area contributed by atoms with Gasteiger partial charge < -0.3 is 14.8 Å². The number of halogens is 1. The first kappa shape index (κ1) is 16.1. The van der Waals surface area contributed by atoms with Gasteiger partial charge in [0.15, 0.2) is 11.5 Å². The molecule has 1 saturated carbocycles. The normalized spacial score (nSPS) is 15.3. The van der Waals surface area contributed by atoms with Crippen molar-refractivity contribution < 1.29 is 9.47 Å². The molecule has 114 valence electrons. The summed E-state index contributed by atoms with van der Waals surface area (Å²) < 4.78 is 12.3. The van der Waals surface area contributed by atoms with Crippen LogP contribution < -0.4 is 14.8 Å². The third-order valence-electron chi connectivity index (χ3n) is 3.80. The van der Waals surface area contributed by atoms with Gasteiger partial charge in [0.05, 0.1) is 24.3 Å². The van der Waals surface area contributed by atoms with E-state index in [2.05, 4.69) is 34.2 Å². The second-order valence-corrected chi connectivity index (χ2v) is 6.37. The molecule has 0 aliphatic heterocycles. The number of ether oxygens (including phenoxy) is 2. The second kappa shape index (κ2) is 7.15. The van der Waals surface area contributed by atoms with Crippen LogP contribution in [-0.2, 0) is 6.54 Å². The number of methoxy groups -OCH3 is 1. The summed E-state index contributed by atoms with van der Waals surface area (Å²) in [7, 11) is 1.65. The monoisotopic (exact) mass is 352 g/mol. The highest BCUT2D eigenvalue weighted by atomic mass is 79.9. The average molecular weight is 353 g/mol. The van der Waals surface area contributed by atoms with Crippen LogP contribution in [0.25, 0.3) is 0 Å². The lowest BCUT2D eigenvalue weighted by Crippen LogP contribution is -2.14. The molecule has 0 aromatic heterocycles. The fraction of sp³-hybridized carbons (Fsp3) is 0.562. The highest BCUT2D eigenvalue weighted by Crippen LogP contribution is 2.49. The molecule has 1 aliphatic carbocycles. The molecule has 0 heterocycles. The molecule has 0 saturated heterocycles. The maximum atomic E-state index is 8.87. The Morgan fingerprint density at radius 2 is 2.19 bits per heavy atom. The molecule has 0 atom stereocenters. The molecule has 0 bridgehead atoms. The molecule has 1 aromatic rings. The number of nitrogens with zero attached hydrogens (tertiary/aromatic N) is 1. The van der Waals surface area contributed by atoms with E-state index >= 15 is 0 Å². The van der Waals surface area contributed by atoms with E-state index in [1.54, 1.807) is 7.11 Å². The van der Waals surface area contributed by atoms with E-state index in [0.29, 0.717) is 13.0 Å². The molecule has 0 radical (unpaired) electrons. The third kappa shape index (κ3) is 4.12. The van der Waals surface area contributed by atoms with Crippen LogP contribution in [0.3, 0.4) is 0 Å². The van der Waals surface area contributed by atoms with E-state index < -0.39 is 0 Å². The van der Waals surface area contributed by atoms with Gasteiger partial charge in [0, 0.05) is 18.4 Å². The predicted octanol–water partition coefficient (Wildman–Crippen LogP) is 3.64. The Morgan fingerprint density at radius 3 is 2.76 bits per heavy atom. The number of hydrogen-bond donors (Lipinski definition) is 1. The van der Waals surface area contributed by atoms with Gasteiger partial charge in [-0.15, -0.1) is 0 Å². The minimum Gasteiger partial charge on any atom is -0.493 e. The summed E-state index contributed by atoms with van der Waals surface area (Å²) in [5.74, 6) is 1.45. The van der Waals surface area contributed by atoms with Gasteiger partial charge in [0.2, 0.25) is 0 Å². The van der Waals surface area contributed by atoms with Crippen molar-refractivity contribution in [1.29, 1.82) is 5.26 Å². The van der Waals surface area contributed by atoms with E-state index in [4.69, 9.17) is 14.7 Å². The van der Waals surface area contributed by atoms with Crippen molar-refractivity contribution in [2.75, 3.05) is 20.3 Å². The van der Waals surface area contributed by atoms with Crippen LogP contribution in [0.2, 0.25) is 0 Å². The van der Waals surface area contributed by atoms with Gasteiger partial charge in [0.1, 0.15) is 0 Å². The summed E-state index contributed by atoms with van der Waals surface area (Å²) in [5, 5.41) is 12.2. The molecule has 1 N–H and O–H groups in total. The smallest absolute Gasteiger partial charge is 0.175 e. The summed E-state index contributed by atoms with van der Waals surface area (Å²) in [5.41, 5.74) is 1.20. The first-order chi connectivity index (χ1) is 10.1. The summed E-state index contributed by atoms with van der Waals surface area (Å²) in [6, 6.07) is 6.29. The molecule has 1 aliphatic rings. The SMILES string of the molecule is CCNCc1cc(Br)c(OCC2(CC#N)CC2)c(OC)c1. The Labute approximate surface area is 134 Å². The maximum Gasteiger partial charge on any atom is 0.175 e. The third-order valence-corrected chi connectivity index (χ3v) is 4.39. The summed E-state index contributed by atoms with van der Waals surface area (Å²) in [6.07, 6.45) is 2.70. The van der Waals surface area contributed by atoms with Gasteiger partial charge in [-0.1, -0.05) is 6.92 Å². The molecule has 5 heteroatoms. The van der Waals surface area contributed by atoms with Crippen molar-refractivity contribution in [1.82, 2.24) is 5.32 Å². The van der Waals surface area contributed by atoms with Crippen LogP contribution in [0.15, 0.2) is 16.6 Å². The molecule has 1 fully saturated rings. The van der Waals surface area contributed by atoms with Gasteiger partial charge in [-0.2, -0.15) is 5.26 Å². The molecule has 4 nitrogen and oxygen atoms in total.